The zero-order chi connectivity index (χ0) is 10.5. The quantitative estimate of drug-likeness (QED) is 0.767. The Bertz CT molecular complexity index is 255. The number of H-pyrrole nitrogens is 1. The smallest absolute Gasteiger partial charge is 0.141 e. The van der Waals surface area contributed by atoms with Gasteiger partial charge in [0.1, 0.15) is 5.78 Å². The number of Topliss-reactive ketones (excluding diaryl/α,β-unsaturated/α-hetero) is 1. The van der Waals surface area contributed by atoms with Gasteiger partial charge in [0.05, 0.1) is 5.41 Å². The molecule has 0 bridgehead atoms. The van der Waals surface area contributed by atoms with Crippen molar-refractivity contribution in [2.24, 2.45) is 0 Å². The lowest BCUT2D eigenvalue weighted by molar-refractivity contribution is -0.121. The third kappa shape index (κ3) is 2.68. The van der Waals surface area contributed by atoms with Gasteiger partial charge in [-0.25, -0.2) is 0 Å². The summed E-state index contributed by atoms with van der Waals surface area (Å²) in [5.74, 6) is 0.141. The van der Waals surface area contributed by atoms with E-state index in [4.69, 9.17) is 0 Å². The number of aromatic nitrogens is 2. The van der Waals surface area contributed by atoms with Gasteiger partial charge in [-0.3, -0.25) is 9.89 Å². The van der Waals surface area contributed by atoms with Gasteiger partial charge in [0.15, 0.2) is 0 Å². The van der Waals surface area contributed by atoms with Crippen molar-refractivity contribution in [2.45, 2.75) is 40.0 Å². The number of ketones is 1. The zero-order valence-electron chi connectivity index (χ0n) is 9.01. The van der Waals surface area contributed by atoms with E-state index in [0.717, 1.165) is 5.69 Å². The van der Waals surface area contributed by atoms with Crippen molar-refractivity contribution >= 4 is 5.78 Å². The number of nitrogens with zero attached hydrogens (tertiary/aromatic N) is 1. The molecule has 0 saturated heterocycles. The van der Waals surface area contributed by atoms with Gasteiger partial charge in [0.25, 0.3) is 0 Å². The van der Waals surface area contributed by atoms with Crippen LogP contribution in [0.4, 0.5) is 0 Å². The van der Waals surface area contributed by atoms with Crippen LogP contribution in [0.15, 0.2) is 12.3 Å². The zero-order valence-corrected chi connectivity index (χ0v) is 9.01. The highest BCUT2D eigenvalue weighted by Gasteiger charge is 2.26. The highest BCUT2D eigenvalue weighted by atomic mass is 16.1. The van der Waals surface area contributed by atoms with Crippen LogP contribution in [0, 0.1) is 0 Å². The maximum atomic E-state index is 11.1. The van der Waals surface area contributed by atoms with E-state index in [0.29, 0.717) is 0 Å². The first-order chi connectivity index (χ1) is 6.05. The van der Waals surface area contributed by atoms with E-state index < -0.39 is 5.41 Å². The molecule has 0 amide bonds. The molecule has 0 aromatic carbocycles. The molecular weight excluding hydrogens is 164 g/mol. The lowest BCUT2D eigenvalue weighted by Crippen LogP contribution is -2.26. The van der Waals surface area contributed by atoms with Crippen LogP contribution in [0.5, 0.6) is 0 Å². The summed E-state index contributed by atoms with van der Waals surface area (Å²) in [4.78, 5) is 11.1. The largest absolute Gasteiger partial charge is 0.299 e. The van der Waals surface area contributed by atoms with Crippen molar-refractivity contribution < 1.29 is 6.22 Å². The van der Waals surface area contributed by atoms with Crippen LogP contribution >= 0.6 is 0 Å². The summed E-state index contributed by atoms with van der Waals surface area (Å²) >= 11 is 0. The molecule has 1 aromatic heterocycles. The standard InChI is InChI=1S/C8H12N2O.C2H6.H2/c1-6(11)8(2,3)7-4-5-9-10-7;1-2;/h4-5H,1-3H3,(H,9,10);1-2H3;1H. The third-order valence-corrected chi connectivity index (χ3v) is 2.05. The highest BCUT2D eigenvalue weighted by molar-refractivity contribution is 5.86. The molecule has 13 heavy (non-hydrogen) atoms. The number of rotatable bonds is 2. The summed E-state index contributed by atoms with van der Waals surface area (Å²) in [5, 5.41) is 6.58. The van der Waals surface area contributed by atoms with E-state index in [1.807, 2.05) is 33.8 Å². The maximum absolute atomic E-state index is 11.1. The van der Waals surface area contributed by atoms with Gasteiger partial charge in [-0.2, -0.15) is 5.10 Å². The van der Waals surface area contributed by atoms with Crippen LogP contribution in [0.2, 0.25) is 0 Å². The van der Waals surface area contributed by atoms with Gasteiger partial charge in [0, 0.05) is 13.3 Å². The first kappa shape index (κ1) is 11.9. The van der Waals surface area contributed by atoms with Gasteiger partial charge in [0.2, 0.25) is 0 Å². The number of nitrogens with one attached hydrogen (secondary N) is 1. The average molecular weight is 184 g/mol. The minimum Gasteiger partial charge on any atom is -0.299 e. The monoisotopic (exact) mass is 184 g/mol. The summed E-state index contributed by atoms with van der Waals surface area (Å²) < 4.78 is 0. The third-order valence-electron chi connectivity index (χ3n) is 2.05. The van der Waals surface area contributed by atoms with Gasteiger partial charge in [-0.15, -0.1) is 0 Å². The lowest BCUT2D eigenvalue weighted by atomic mass is 9.85. The second-order valence-electron chi connectivity index (χ2n) is 3.15. The van der Waals surface area contributed by atoms with Crippen LogP contribution in [0.25, 0.3) is 0 Å². The Balaban J connectivity index is 0. The topological polar surface area (TPSA) is 45.8 Å². The van der Waals surface area contributed by atoms with E-state index in [-0.39, 0.29) is 7.21 Å². The van der Waals surface area contributed by atoms with Crippen molar-refractivity contribution in [3.8, 4) is 0 Å². The Kier molecular flexibility index (Phi) is 4.38. The van der Waals surface area contributed by atoms with Crippen LogP contribution in [-0.4, -0.2) is 16.0 Å². The molecule has 0 unspecified atom stereocenters. The predicted molar refractivity (Wildman–Crippen MR) is 55.8 cm³/mol. The molecule has 1 N–H and O–H groups in total. The number of hydrogen-bond donors (Lipinski definition) is 1. The van der Waals surface area contributed by atoms with E-state index in [1.54, 1.807) is 13.1 Å². The van der Waals surface area contributed by atoms with Crippen molar-refractivity contribution in [1.82, 2.24) is 10.2 Å². The molecule has 0 fully saturated rings. The SMILES string of the molecule is CC.CC(=O)C(C)(C)c1ccn[nH]1.[HH]. The predicted octanol–water partition coefficient (Wildman–Crippen LogP) is 2.55. The molecular formula is C10H20N2O. The average Bonchev–Trinajstić information content (AvgIpc) is 2.60. The van der Waals surface area contributed by atoms with Crippen molar-refractivity contribution in [3.05, 3.63) is 18.0 Å². The summed E-state index contributed by atoms with van der Waals surface area (Å²) in [6, 6.07) is 1.82. The van der Waals surface area contributed by atoms with Crippen molar-refractivity contribution in [2.75, 3.05) is 0 Å². The molecule has 1 heterocycles. The highest BCUT2D eigenvalue weighted by Crippen LogP contribution is 2.20. The maximum Gasteiger partial charge on any atom is 0.141 e. The number of hydrogen-bond acceptors (Lipinski definition) is 2. The molecule has 0 aliphatic heterocycles. The molecule has 76 valence electrons. The summed E-state index contributed by atoms with van der Waals surface area (Å²) in [5.41, 5.74) is 0.432. The van der Waals surface area contributed by atoms with E-state index in [2.05, 4.69) is 10.2 Å². The van der Waals surface area contributed by atoms with E-state index >= 15 is 0 Å². The van der Waals surface area contributed by atoms with Gasteiger partial charge in [-0.1, -0.05) is 13.8 Å². The number of carbonyl (C=O) groups excluding carboxylic acids is 1. The van der Waals surface area contributed by atoms with Crippen molar-refractivity contribution in [3.63, 3.8) is 0 Å². The molecule has 1 rings (SSSR count). The van der Waals surface area contributed by atoms with Crippen LogP contribution in [0.1, 0.15) is 41.7 Å². The van der Waals surface area contributed by atoms with E-state index in [1.165, 1.54) is 0 Å². The molecule has 0 aliphatic carbocycles. The first-order valence-electron chi connectivity index (χ1n) is 4.56. The Labute approximate surface area is 81.0 Å². The fourth-order valence-electron chi connectivity index (χ4n) is 0.794. The molecule has 0 aliphatic rings. The minimum atomic E-state index is -0.434. The first-order valence-corrected chi connectivity index (χ1v) is 4.56. The molecule has 3 nitrogen and oxygen atoms in total. The van der Waals surface area contributed by atoms with Gasteiger partial charge in [-0.05, 0) is 26.8 Å². The Morgan fingerprint density at radius 2 is 2.08 bits per heavy atom. The summed E-state index contributed by atoms with van der Waals surface area (Å²) in [6.07, 6.45) is 1.65. The molecule has 0 spiro atoms. The second kappa shape index (κ2) is 4.80. The minimum absolute atomic E-state index is 0. The molecule has 1 aromatic rings. The van der Waals surface area contributed by atoms with Crippen LogP contribution < -0.4 is 0 Å². The fourth-order valence-corrected chi connectivity index (χ4v) is 0.794. The van der Waals surface area contributed by atoms with Gasteiger partial charge >= 0.3 is 0 Å². The Morgan fingerprint density at radius 1 is 1.54 bits per heavy atom. The van der Waals surface area contributed by atoms with Crippen LogP contribution in [-0.2, 0) is 10.2 Å². The molecule has 3 heteroatoms. The Hall–Kier alpha value is -1.12. The molecule has 0 atom stereocenters. The number of aromatic amines is 1. The fraction of sp³-hybridized carbons (Fsp3) is 0.600. The Morgan fingerprint density at radius 3 is 2.38 bits per heavy atom. The normalized spacial score (nSPS) is 10.2. The summed E-state index contributed by atoms with van der Waals surface area (Å²) in [7, 11) is 0. The molecule has 0 radical (unpaired) electrons. The second-order valence-corrected chi connectivity index (χ2v) is 3.15. The molecule has 0 saturated carbocycles. The van der Waals surface area contributed by atoms with E-state index in [9.17, 15) is 4.79 Å². The van der Waals surface area contributed by atoms with Gasteiger partial charge < -0.3 is 0 Å². The van der Waals surface area contributed by atoms with Crippen LogP contribution in [0.3, 0.4) is 0 Å². The van der Waals surface area contributed by atoms with Crippen molar-refractivity contribution in [1.29, 1.82) is 0 Å². The lowest BCUT2D eigenvalue weighted by Gasteiger charge is -2.18. The number of carbonyl (C=O) groups is 1. The summed E-state index contributed by atoms with van der Waals surface area (Å²) in [6.45, 7) is 9.34.